The molecular formula is C23H20N2O2. The largest absolute Gasteiger partial charge is 0.476 e. The van der Waals surface area contributed by atoms with Gasteiger partial charge in [-0.3, -0.25) is 4.79 Å². The standard InChI is InChI=1S/C23H20N2O2/c1-16-11-12-17(2)21(13-16)25-23(26)22(19-8-4-3-5-9-19)27-20-10-6-7-18(14-20)15-24/h3-14,22H,1-2H3,(H,25,26)/t22-/m0/s1. The van der Waals surface area contributed by atoms with Gasteiger partial charge in [0.2, 0.25) is 6.10 Å². The highest BCUT2D eigenvalue weighted by molar-refractivity contribution is 5.95. The molecule has 0 saturated carbocycles. The molecule has 0 spiro atoms. The van der Waals surface area contributed by atoms with Crippen molar-refractivity contribution >= 4 is 11.6 Å². The topological polar surface area (TPSA) is 62.1 Å². The zero-order valence-corrected chi connectivity index (χ0v) is 15.3. The quantitative estimate of drug-likeness (QED) is 0.705. The minimum atomic E-state index is -0.833. The molecule has 0 aliphatic carbocycles. The van der Waals surface area contributed by atoms with Crippen LogP contribution >= 0.6 is 0 Å². The lowest BCUT2D eigenvalue weighted by atomic mass is 10.1. The molecule has 1 N–H and O–H groups in total. The Morgan fingerprint density at radius 1 is 1.00 bits per heavy atom. The summed E-state index contributed by atoms with van der Waals surface area (Å²) in [5.41, 5.74) is 4.02. The molecule has 0 radical (unpaired) electrons. The predicted molar refractivity (Wildman–Crippen MR) is 106 cm³/mol. The molecule has 0 bridgehead atoms. The van der Waals surface area contributed by atoms with Crippen LogP contribution in [-0.2, 0) is 4.79 Å². The third-order valence-electron chi connectivity index (χ3n) is 4.21. The molecule has 27 heavy (non-hydrogen) atoms. The average molecular weight is 356 g/mol. The number of nitrogens with zero attached hydrogens (tertiary/aromatic N) is 1. The van der Waals surface area contributed by atoms with Gasteiger partial charge >= 0.3 is 0 Å². The van der Waals surface area contributed by atoms with E-state index in [0.29, 0.717) is 11.3 Å². The molecule has 0 aliphatic heterocycles. The number of nitriles is 1. The van der Waals surface area contributed by atoms with Crippen molar-refractivity contribution in [1.82, 2.24) is 0 Å². The van der Waals surface area contributed by atoms with Crippen molar-refractivity contribution in [3.8, 4) is 11.8 Å². The summed E-state index contributed by atoms with van der Waals surface area (Å²) in [5.74, 6) is 0.205. The van der Waals surface area contributed by atoms with Gasteiger partial charge in [-0.15, -0.1) is 0 Å². The van der Waals surface area contributed by atoms with Gasteiger partial charge in [0, 0.05) is 11.3 Å². The molecule has 134 valence electrons. The van der Waals surface area contributed by atoms with E-state index in [0.717, 1.165) is 22.4 Å². The maximum absolute atomic E-state index is 13.0. The van der Waals surface area contributed by atoms with Crippen molar-refractivity contribution in [3.05, 3.63) is 95.1 Å². The molecule has 3 aromatic carbocycles. The Hall–Kier alpha value is -3.58. The summed E-state index contributed by atoms with van der Waals surface area (Å²) in [7, 11) is 0. The van der Waals surface area contributed by atoms with E-state index in [-0.39, 0.29) is 5.91 Å². The van der Waals surface area contributed by atoms with E-state index >= 15 is 0 Å². The van der Waals surface area contributed by atoms with E-state index in [9.17, 15) is 4.79 Å². The highest BCUT2D eigenvalue weighted by Crippen LogP contribution is 2.25. The highest BCUT2D eigenvalue weighted by Gasteiger charge is 2.23. The zero-order chi connectivity index (χ0) is 19.2. The van der Waals surface area contributed by atoms with Crippen LogP contribution in [0.2, 0.25) is 0 Å². The molecule has 1 atom stereocenters. The lowest BCUT2D eigenvalue weighted by molar-refractivity contribution is -0.123. The monoisotopic (exact) mass is 356 g/mol. The van der Waals surface area contributed by atoms with Crippen LogP contribution in [0.15, 0.2) is 72.8 Å². The van der Waals surface area contributed by atoms with Gasteiger partial charge in [0.25, 0.3) is 5.91 Å². The molecule has 0 aromatic heterocycles. The van der Waals surface area contributed by atoms with Crippen LogP contribution in [0.3, 0.4) is 0 Å². The number of carbonyl (C=O) groups is 1. The van der Waals surface area contributed by atoms with Crippen molar-refractivity contribution in [1.29, 1.82) is 5.26 Å². The summed E-state index contributed by atoms with van der Waals surface area (Å²) in [6.07, 6.45) is -0.833. The first-order valence-electron chi connectivity index (χ1n) is 8.66. The lowest BCUT2D eigenvalue weighted by Gasteiger charge is -2.20. The van der Waals surface area contributed by atoms with E-state index in [2.05, 4.69) is 11.4 Å². The van der Waals surface area contributed by atoms with E-state index in [4.69, 9.17) is 10.00 Å². The van der Waals surface area contributed by atoms with Gasteiger partial charge in [-0.05, 0) is 49.2 Å². The number of hydrogen-bond acceptors (Lipinski definition) is 3. The van der Waals surface area contributed by atoms with Crippen molar-refractivity contribution in [2.75, 3.05) is 5.32 Å². The first-order valence-corrected chi connectivity index (χ1v) is 8.66. The summed E-state index contributed by atoms with van der Waals surface area (Å²) >= 11 is 0. The molecule has 1 amide bonds. The number of aryl methyl sites for hydroxylation is 2. The fourth-order valence-electron chi connectivity index (χ4n) is 2.74. The van der Waals surface area contributed by atoms with Crippen LogP contribution in [0.25, 0.3) is 0 Å². The van der Waals surface area contributed by atoms with Crippen molar-refractivity contribution in [2.24, 2.45) is 0 Å². The second kappa shape index (κ2) is 8.20. The Morgan fingerprint density at radius 3 is 2.52 bits per heavy atom. The number of ether oxygens (including phenoxy) is 1. The Kier molecular flexibility index (Phi) is 5.53. The Labute approximate surface area is 159 Å². The maximum Gasteiger partial charge on any atom is 0.270 e. The molecule has 0 fully saturated rings. The Balaban J connectivity index is 1.91. The van der Waals surface area contributed by atoms with Crippen LogP contribution in [0.4, 0.5) is 5.69 Å². The molecule has 3 aromatic rings. The zero-order valence-electron chi connectivity index (χ0n) is 15.3. The third-order valence-corrected chi connectivity index (χ3v) is 4.21. The SMILES string of the molecule is Cc1ccc(C)c(NC(=O)[C@@H](Oc2cccc(C#N)c2)c2ccccc2)c1. The number of rotatable bonds is 5. The van der Waals surface area contributed by atoms with Crippen LogP contribution < -0.4 is 10.1 Å². The summed E-state index contributed by atoms with van der Waals surface area (Å²) in [4.78, 5) is 13.0. The lowest BCUT2D eigenvalue weighted by Crippen LogP contribution is -2.26. The van der Waals surface area contributed by atoms with Gasteiger partial charge in [0.05, 0.1) is 11.6 Å². The second-order valence-electron chi connectivity index (χ2n) is 6.36. The summed E-state index contributed by atoms with van der Waals surface area (Å²) in [5, 5.41) is 12.1. The minimum absolute atomic E-state index is 0.266. The minimum Gasteiger partial charge on any atom is -0.476 e. The number of benzene rings is 3. The maximum atomic E-state index is 13.0. The first-order chi connectivity index (χ1) is 13.1. The van der Waals surface area contributed by atoms with Crippen LogP contribution in [0, 0.1) is 25.2 Å². The van der Waals surface area contributed by atoms with Gasteiger partial charge in [0.1, 0.15) is 5.75 Å². The second-order valence-corrected chi connectivity index (χ2v) is 6.36. The fraction of sp³-hybridized carbons (Fsp3) is 0.130. The number of anilines is 1. The molecule has 3 rings (SSSR count). The number of nitrogens with one attached hydrogen (secondary N) is 1. The summed E-state index contributed by atoms with van der Waals surface area (Å²) < 4.78 is 5.98. The van der Waals surface area contributed by atoms with E-state index in [1.54, 1.807) is 24.3 Å². The van der Waals surface area contributed by atoms with Gasteiger partial charge in [-0.1, -0.05) is 48.5 Å². The smallest absolute Gasteiger partial charge is 0.270 e. The molecular weight excluding hydrogens is 336 g/mol. The van der Waals surface area contributed by atoms with Gasteiger partial charge < -0.3 is 10.1 Å². The summed E-state index contributed by atoms with van der Waals surface area (Å²) in [6.45, 7) is 3.93. The summed E-state index contributed by atoms with van der Waals surface area (Å²) in [6, 6.07) is 24.1. The number of amides is 1. The molecule has 0 unspecified atom stereocenters. The van der Waals surface area contributed by atoms with Crippen molar-refractivity contribution < 1.29 is 9.53 Å². The third kappa shape index (κ3) is 4.53. The fourth-order valence-corrected chi connectivity index (χ4v) is 2.74. The van der Waals surface area contributed by atoms with E-state index in [1.165, 1.54) is 0 Å². The normalized spacial score (nSPS) is 11.3. The van der Waals surface area contributed by atoms with Crippen molar-refractivity contribution in [3.63, 3.8) is 0 Å². The first kappa shape index (κ1) is 18.2. The van der Waals surface area contributed by atoms with Crippen molar-refractivity contribution in [2.45, 2.75) is 20.0 Å². The van der Waals surface area contributed by atoms with Crippen LogP contribution in [0.5, 0.6) is 5.75 Å². The molecule has 0 heterocycles. The average Bonchev–Trinajstić information content (AvgIpc) is 2.69. The van der Waals surface area contributed by atoms with Crippen LogP contribution in [0.1, 0.15) is 28.4 Å². The molecule has 4 nitrogen and oxygen atoms in total. The predicted octanol–water partition coefficient (Wildman–Crippen LogP) is 4.93. The van der Waals surface area contributed by atoms with Crippen LogP contribution in [-0.4, -0.2) is 5.91 Å². The van der Waals surface area contributed by atoms with E-state index in [1.807, 2.05) is 62.4 Å². The highest BCUT2D eigenvalue weighted by atomic mass is 16.5. The molecule has 0 saturated heterocycles. The van der Waals surface area contributed by atoms with Gasteiger partial charge in [0.15, 0.2) is 0 Å². The number of hydrogen-bond donors (Lipinski definition) is 1. The number of carbonyl (C=O) groups excluding carboxylic acids is 1. The molecule has 4 heteroatoms. The van der Waals surface area contributed by atoms with Gasteiger partial charge in [-0.25, -0.2) is 0 Å². The Morgan fingerprint density at radius 2 is 1.78 bits per heavy atom. The van der Waals surface area contributed by atoms with E-state index < -0.39 is 6.10 Å². The Bertz CT molecular complexity index is 991. The molecule has 0 aliphatic rings. The van der Waals surface area contributed by atoms with Gasteiger partial charge in [-0.2, -0.15) is 5.26 Å².